The average molecular weight is 761 g/mol. The minimum atomic E-state index is -0.00562. The standard InChI is InChI=1S/C55H40N2S/c1-55(35-11-4-12-36-55)42-24-30-46(31-25-42)56(44-26-19-39(20-27-44)38-13-5-2-6-14-38)45-28-21-40(22-29-45)41-23-33-50-49(37-41)53-51(57(50)43-15-7-3-8-16-43)34-32-48-47-17-9-10-18-52(47)58-54(48)53/h2-35,37H,36H2,1H3. The molecule has 0 saturated carbocycles. The van der Waals surface area contributed by atoms with E-state index in [0.717, 1.165) is 23.5 Å². The summed E-state index contributed by atoms with van der Waals surface area (Å²) in [7, 11) is 0. The summed E-state index contributed by atoms with van der Waals surface area (Å²) in [6.45, 7) is 2.32. The molecule has 0 radical (unpaired) electrons. The molecular formula is C55H40N2S. The van der Waals surface area contributed by atoms with Gasteiger partial charge in [0.2, 0.25) is 0 Å². The van der Waals surface area contributed by atoms with E-state index in [2.05, 4.69) is 229 Å². The molecule has 10 aromatic rings. The lowest BCUT2D eigenvalue weighted by Crippen LogP contribution is -2.19. The van der Waals surface area contributed by atoms with Crippen LogP contribution in [0.15, 0.2) is 212 Å². The van der Waals surface area contributed by atoms with E-state index in [1.54, 1.807) is 0 Å². The van der Waals surface area contributed by atoms with Gasteiger partial charge in [-0.1, -0.05) is 146 Å². The van der Waals surface area contributed by atoms with Crippen molar-refractivity contribution in [2.45, 2.75) is 18.8 Å². The molecule has 8 aromatic carbocycles. The van der Waals surface area contributed by atoms with Gasteiger partial charge in [0.1, 0.15) is 0 Å². The van der Waals surface area contributed by atoms with Crippen molar-refractivity contribution in [3.63, 3.8) is 0 Å². The van der Waals surface area contributed by atoms with Crippen molar-refractivity contribution < 1.29 is 0 Å². The number of rotatable bonds is 7. The highest BCUT2D eigenvalue weighted by atomic mass is 32.1. The minimum absolute atomic E-state index is 0.00562. The van der Waals surface area contributed by atoms with Gasteiger partial charge in [-0.3, -0.25) is 0 Å². The van der Waals surface area contributed by atoms with Crippen LogP contribution in [0, 0.1) is 0 Å². The molecule has 0 fully saturated rings. The van der Waals surface area contributed by atoms with Crippen LogP contribution in [0.5, 0.6) is 0 Å². The number of nitrogens with zero attached hydrogens (tertiary/aromatic N) is 2. The van der Waals surface area contributed by atoms with Crippen molar-refractivity contribution in [3.05, 3.63) is 218 Å². The molecule has 276 valence electrons. The van der Waals surface area contributed by atoms with Crippen LogP contribution in [0.2, 0.25) is 0 Å². The first-order valence-corrected chi connectivity index (χ1v) is 20.9. The predicted molar refractivity (Wildman–Crippen MR) is 249 cm³/mol. The van der Waals surface area contributed by atoms with E-state index in [1.807, 2.05) is 11.3 Å². The van der Waals surface area contributed by atoms with E-state index in [9.17, 15) is 0 Å². The zero-order chi connectivity index (χ0) is 38.6. The molecule has 2 heterocycles. The van der Waals surface area contributed by atoms with Crippen LogP contribution in [-0.2, 0) is 5.41 Å². The van der Waals surface area contributed by atoms with Crippen molar-refractivity contribution in [3.8, 4) is 27.9 Å². The molecule has 2 aromatic heterocycles. The lowest BCUT2D eigenvalue weighted by Gasteiger charge is -2.29. The minimum Gasteiger partial charge on any atom is -0.311 e. The van der Waals surface area contributed by atoms with Crippen LogP contribution in [0.1, 0.15) is 18.9 Å². The fraction of sp³-hybridized carbons (Fsp3) is 0.0545. The molecule has 0 spiro atoms. The number of hydrogen-bond acceptors (Lipinski definition) is 2. The van der Waals surface area contributed by atoms with Crippen molar-refractivity contribution in [2.24, 2.45) is 0 Å². The Hall–Kier alpha value is -6.94. The van der Waals surface area contributed by atoms with E-state index < -0.39 is 0 Å². The maximum atomic E-state index is 2.43. The highest BCUT2D eigenvalue weighted by Crippen LogP contribution is 2.45. The molecule has 0 saturated heterocycles. The molecule has 1 atom stereocenters. The Bertz CT molecular complexity index is 3170. The third-order valence-corrected chi connectivity index (χ3v) is 13.2. The molecule has 0 bridgehead atoms. The lowest BCUT2D eigenvalue weighted by atomic mass is 9.77. The third kappa shape index (κ3) is 5.78. The monoisotopic (exact) mass is 760 g/mol. The molecule has 58 heavy (non-hydrogen) atoms. The molecule has 1 aliphatic carbocycles. The number of hydrogen-bond donors (Lipinski definition) is 0. The van der Waals surface area contributed by atoms with Gasteiger partial charge in [-0.05, 0) is 107 Å². The van der Waals surface area contributed by atoms with Crippen LogP contribution in [0.3, 0.4) is 0 Å². The molecule has 0 N–H and O–H groups in total. The van der Waals surface area contributed by atoms with Gasteiger partial charge in [-0.25, -0.2) is 0 Å². The quantitative estimate of drug-likeness (QED) is 0.157. The summed E-state index contributed by atoms with van der Waals surface area (Å²) < 4.78 is 5.09. The van der Waals surface area contributed by atoms with E-state index in [1.165, 1.54) is 75.5 Å². The fourth-order valence-electron chi connectivity index (χ4n) is 8.94. The van der Waals surface area contributed by atoms with E-state index in [0.29, 0.717) is 0 Å². The summed E-state index contributed by atoms with van der Waals surface area (Å²) in [5.41, 5.74) is 13.1. The van der Waals surface area contributed by atoms with Gasteiger partial charge in [-0.15, -0.1) is 11.3 Å². The SMILES string of the molecule is CC1(c2ccc(N(c3ccc(-c4ccccc4)cc3)c3ccc(-c4ccc5c(c4)c4c6sc7ccccc7c6ccc4n5-c4ccccc4)cc3)cc2)C=CC=CC1. The molecule has 3 heteroatoms. The maximum Gasteiger partial charge on any atom is 0.0555 e. The number of benzene rings is 8. The van der Waals surface area contributed by atoms with Crippen LogP contribution < -0.4 is 4.90 Å². The predicted octanol–water partition coefficient (Wildman–Crippen LogP) is 15.7. The van der Waals surface area contributed by atoms with Crippen LogP contribution in [0.4, 0.5) is 17.1 Å². The Morgan fingerprint density at radius 3 is 1.78 bits per heavy atom. The van der Waals surface area contributed by atoms with Gasteiger partial charge in [0, 0.05) is 59.1 Å². The Morgan fingerprint density at radius 2 is 1.09 bits per heavy atom. The largest absolute Gasteiger partial charge is 0.311 e. The summed E-state index contributed by atoms with van der Waals surface area (Å²) in [5, 5.41) is 5.23. The topological polar surface area (TPSA) is 8.17 Å². The molecule has 11 rings (SSSR count). The first kappa shape index (κ1) is 34.3. The Balaban J connectivity index is 1.02. The normalized spacial score (nSPS) is 15.2. The first-order valence-electron chi connectivity index (χ1n) is 20.1. The summed E-state index contributed by atoms with van der Waals surface area (Å²) in [4.78, 5) is 2.37. The first-order chi connectivity index (χ1) is 28.6. The van der Waals surface area contributed by atoms with E-state index >= 15 is 0 Å². The number of fused-ring (bicyclic) bond motifs is 7. The summed E-state index contributed by atoms with van der Waals surface area (Å²) >= 11 is 1.90. The highest BCUT2D eigenvalue weighted by Gasteiger charge is 2.24. The third-order valence-electron chi connectivity index (χ3n) is 12.0. The van der Waals surface area contributed by atoms with Gasteiger partial charge in [-0.2, -0.15) is 0 Å². The zero-order valence-electron chi connectivity index (χ0n) is 32.2. The van der Waals surface area contributed by atoms with Crippen molar-refractivity contribution >= 4 is 70.4 Å². The van der Waals surface area contributed by atoms with Crippen LogP contribution >= 0.6 is 11.3 Å². The fourth-order valence-corrected chi connectivity index (χ4v) is 10.2. The molecular weight excluding hydrogens is 721 g/mol. The summed E-state index contributed by atoms with van der Waals surface area (Å²) in [6, 6.07) is 69.0. The van der Waals surface area contributed by atoms with Gasteiger partial charge >= 0.3 is 0 Å². The summed E-state index contributed by atoms with van der Waals surface area (Å²) in [6.07, 6.45) is 9.90. The van der Waals surface area contributed by atoms with E-state index in [4.69, 9.17) is 0 Å². The molecule has 0 aliphatic heterocycles. The van der Waals surface area contributed by atoms with Gasteiger partial charge in [0.05, 0.1) is 11.0 Å². The Kier molecular flexibility index (Phi) is 8.23. The maximum absolute atomic E-state index is 2.43. The second-order valence-electron chi connectivity index (χ2n) is 15.6. The van der Waals surface area contributed by atoms with Crippen LogP contribution in [-0.4, -0.2) is 4.57 Å². The average Bonchev–Trinajstić information content (AvgIpc) is 3.84. The van der Waals surface area contributed by atoms with E-state index in [-0.39, 0.29) is 5.41 Å². The van der Waals surface area contributed by atoms with Gasteiger partial charge < -0.3 is 9.47 Å². The van der Waals surface area contributed by atoms with Crippen LogP contribution in [0.25, 0.3) is 69.9 Å². The second kappa shape index (κ2) is 13.9. The van der Waals surface area contributed by atoms with Gasteiger partial charge in [0.25, 0.3) is 0 Å². The smallest absolute Gasteiger partial charge is 0.0555 e. The molecule has 2 nitrogen and oxygen atoms in total. The second-order valence-corrected chi connectivity index (χ2v) is 16.6. The highest BCUT2D eigenvalue weighted by molar-refractivity contribution is 7.26. The van der Waals surface area contributed by atoms with Crippen molar-refractivity contribution in [1.29, 1.82) is 0 Å². The molecule has 1 unspecified atom stereocenters. The number of thiophene rings is 1. The molecule has 1 aliphatic rings. The zero-order valence-corrected chi connectivity index (χ0v) is 33.0. The number of para-hydroxylation sites is 1. The Morgan fingerprint density at radius 1 is 0.500 bits per heavy atom. The lowest BCUT2D eigenvalue weighted by molar-refractivity contribution is 0.600. The summed E-state index contributed by atoms with van der Waals surface area (Å²) in [5.74, 6) is 0. The van der Waals surface area contributed by atoms with Crippen molar-refractivity contribution in [1.82, 2.24) is 4.57 Å². The number of allylic oxidation sites excluding steroid dienone is 4. The number of anilines is 3. The van der Waals surface area contributed by atoms with Crippen molar-refractivity contribution in [2.75, 3.05) is 4.90 Å². The number of aromatic nitrogens is 1. The molecule has 0 amide bonds. The Labute approximate surface area is 342 Å². The van der Waals surface area contributed by atoms with Gasteiger partial charge in [0.15, 0.2) is 0 Å².